The van der Waals surface area contributed by atoms with Crippen molar-refractivity contribution in [3.8, 4) is 0 Å². The van der Waals surface area contributed by atoms with Gasteiger partial charge < -0.3 is 5.32 Å². The summed E-state index contributed by atoms with van der Waals surface area (Å²) in [5, 5.41) is 17.8. The molecule has 7 nitrogen and oxygen atoms in total. The fourth-order valence-electron chi connectivity index (χ4n) is 1.67. The molecule has 0 spiro atoms. The first kappa shape index (κ1) is 12.0. The Bertz CT molecular complexity index is 538. The Hall–Kier alpha value is -2.44. The van der Waals surface area contributed by atoms with Crippen LogP contribution in [0, 0.1) is 10.1 Å². The minimum atomic E-state index is -0.392. The van der Waals surface area contributed by atoms with Gasteiger partial charge >= 0.3 is 0 Å². The molecule has 0 atom stereocenters. The Balaban J connectivity index is 2.27. The van der Waals surface area contributed by atoms with Gasteiger partial charge in [-0.1, -0.05) is 6.07 Å². The fourth-order valence-corrected chi connectivity index (χ4v) is 1.67. The van der Waals surface area contributed by atoms with Gasteiger partial charge in [0.25, 0.3) is 5.69 Å². The highest BCUT2D eigenvalue weighted by Crippen LogP contribution is 2.25. The Morgan fingerprint density at radius 2 is 2.33 bits per heavy atom. The Labute approximate surface area is 104 Å². The summed E-state index contributed by atoms with van der Waals surface area (Å²) >= 11 is 0. The van der Waals surface area contributed by atoms with E-state index in [0.29, 0.717) is 18.8 Å². The molecule has 0 aliphatic carbocycles. The van der Waals surface area contributed by atoms with Crippen LogP contribution in [0.5, 0.6) is 0 Å². The highest BCUT2D eigenvalue weighted by Gasteiger charge is 2.13. The van der Waals surface area contributed by atoms with Gasteiger partial charge in [-0.25, -0.2) is 9.67 Å². The largest absolute Gasteiger partial charge is 0.380 e. The molecule has 18 heavy (non-hydrogen) atoms. The summed E-state index contributed by atoms with van der Waals surface area (Å²) < 4.78 is 1.66. The average Bonchev–Trinajstić information content (AvgIpc) is 2.82. The molecular formula is C11H13N5O2. The number of nitro groups is 1. The molecule has 0 fully saturated rings. The average molecular weight is 247 g/mol. The number of anilines is 1. The standard InChI is InChI=1S/C11H13N5O2/c1-2-13-10-5-9(3-4-11(10)16(17)18)6-15-8-12-7-14-15/h3-5,7-8,13H,2,6H2,1H3. The van der Waals surface area contributed by atoms with Crippen molar-refractivity contribution in [2.75, 3.05) is 11.9 Å². The van der Waals surface area contributed by atoms with E-state index < -0.39 is 4.92 Å². The molecule has 2 rings (SSSR count). The molecule has 2 aromatic rings. The highest BCUT2D eigenvalue weighted by molar-refractivity contribution is 5.62. The number of nitrogens with zero attached hydrogens (tertiary/aromatic N) is 4. The molecule has 1 N–H and O–H groups in total. The van der Waals surface area contributed by atoms with Gasteiger partial charge in [-0.05, 0) is 18.6 Å². The Morgan fingerprint density at radius 3 is 2.94 bits per heavy atom. The summed E-state index contributed by atoms with van der Waals surface area (Å²) in [5.41, 5.74) is 1.54. The zero-order valence-electron chi connectivity index (χ0n) is 9.91. The topological polar surface area (TPSA) is 85.9 Å². The van der Waals surface area contributed by atoms with E-state index in [9.17, 15) is 10.1 Å². The molecular weight excluding hydrogens is 234 g/mol. The number of hydrogen-bond donors (Lipinski definition) is 1. The maximum atomic E-state index is 10.9. The lowest BCUT2D eigenvalue weighted by atomic mass is 10.1. The van der Waals surface area contributed by atoms with E-state index in [1.165, 1.54) is 12.4 Å². The summed E-state index contributed by atoms with van der Waals surface area (Å²) in [6.07, 6.45) is 3.06. The predicted molar refractivity (Wildman–Crippen MR) is 66.4 cm³/mol. The third-order valence-corrected chi connectivity index (χ3v) is 2.44. The summed E-state index contributed by atoms with van der Waals surface area (Å²) in [6, 6.07) is 4.99. The summed E-state index contributed by atoms with van der Waals surface area (Å²) in [5.74, 6) is 0. The van der Waals surface area contributed by atoms with E-state index in [2.05, 4.69) is 15.4 Å². The van der Waals surface area contributed by atoms with Crippen molar-refractivity contribution in [1.82, 2.24) is 14.8 Å². The molecule has 0 radical (unpaired) electrons. The number of rotatable bonds is 5. The molecule has 7 heteroatoms. The quantitative estimate of drug-likeness (QED) is 0.641. The molecule has 0 saturated heterocycles. The Morgan fingerprint density at radius 1 is 1.50 bits per heavy atom. The van der Waals surface area contributed by atoms with Crippen LogP contribution in [0.2, 0.25) is 0 Å². The zero-order valence-corrected chi connectivity index (χ0v) is 9.91. The van der Waals surface area contributed by atoms with Gasteiger partial charge in [0.1, 0.15) is 18.3 Å². The maximum Gasteiger partial charge on any atom is 0.292 e. The van der Waals surface area contributed by atoms with Gasteiger partial charge in [-0.15, -0.1) is 0 Å². The van der Waals surface area contributed by atoms with Gasteiger partial charge in [0.05, 0.1) is 11.5 Å². The van der Waals surface area contributed by atoms with Crippen LogP contribution in [0.25, 0.3) is 0 Å². The summed E-state index contributed by atoms with van der Waals surface area (Å²) in [7, 11) is 0. The minimum Gasteiger partial charge on any atom is -0.380 e. The molecule has 0 unspecified atom stereocenters. The lowest BCUT2D eigenvalue weighted by Gasteiger charge is -2.07. The monoisotopic (exact) mass is 247 g/mol. The van der Waals surface area contributed by atoms with E-state index in [-0.39, 0.29) is 5.69 Å². The molecule has 0 aliphatic rings. The number of benzene rings is 1. The van der Waals surface area contributed by atoms with Crippen LogP contribution in [-0.4, -0.2) is 26.2 Å². The van der Waals surface area contributed by atoms with Crippen molar-refractivity contribution >= 4 is 11.4 Å². The second-order valence-corrected chi connectivity index (χ2v) is 3.73. The van der Waals surface area contributed by atoms with Crippen molar-refractivity contribution < 1.29 is 4.92 Å². The molecule has 0 bridgehead atoms. The van der Waals surface area contributed by atoms with Crippen molar-refractivity contribution in [2.24, 2.45) is 0 Å². The van der Waals surface area contributed by atoms with E-state index in [1.807, 2.05) is 6.92 Å². The van der Waals surface area contributed by atoms with E-state index in [1.54, 1.807) is 23.1 Å². The summed E-state index contributed by atoms with van der Waals surface area (Å²) in [6.45, 7) is 3.07. The fraction of sp³-hybridized carbons (Fsp3) is 0.273. The SMILES string of the molecule is CCNc1cc(Cn2cncn2)ccc1[N+](=O)[O-]. The highest BCUT2D eigenvalue weighted by atomic mass is 16.6. The van der Waals surface area contributed by atoms with Crippen LogP contribution in [-0.2, 0) is 6.54 Å². The lowest BCUT2D eigenvalue weighted by molar-refractivity contribution is -0.384. The number of hydrogen-bond acceptors (Lipinski definition) is 5. The molecule has 0 saturated carbocycles. The number of nitrogens with one attached hydrogen (secondary N) is 1. The molecule has 0 aliphatic heterocycles. The van der Waals surface area contributed by atoms with Gasteiger partial charge in [0, 0.05) is 12.6 Å². The van der Waals surface area contributed by atoms with Gasteiger partial charge in [-0.2, -0.15) is 5.10 Å². The first-order valence-corrected chi connectivity index (χ1v) is 5.54. The smallest absolute Gasteiger partial charge is 0.292 e. The Kier molecular flexibility index (Phi) is 3.52. The number of aromatic nitrogens is 3. The van der Waals surface area contributed by atoms with E-state index >= 15 is 0 Å². The first-order valence-electron chi connectivity index (χ1n) is 5.54. The second-order valence-electron chi connectivity index (χ2n) is 3.73. The van der Waals surface area contributed by atoms with Crippen molar-refractivity contribution in [3.05, 3.63) is 46.5 Å². The van der Waals surface area contributed by atoms with Gasteiger partial charge in [0.15, 0.2) is 0 Å². The van der Waals surface area contributed by atoms with Crippen LogP contribution in [0.4, 0.5) is 11.4 Å². The van der Waals surface area contributed by atoms with Crippen LogP contribution in [0.1, 0.15) is 12.5 Å². The van der Waals surface area contributed by atoms with E-state index in [4.69, 9.17) is 0 Å². The van der Waals surface area contributed by atoms with Crippen LogP contribution in [0.15, 0.2) is 30.9 Å². The molecule has 0 amide bonds. The van der Waals surface area contributed by atoms with Crippen molar-refractivity contribution in [2.45, 2.75) is 13.5 Å². The summed E-state index contributed by atoms with van der Waals surface area (Å²) in [4.78, 5) is 14.3. The van der Waals surface area contributed by atoms with Crippen molar-refractivity contribution in [3.63, 3.8) is 0 Å². The van der Waals surface area contributed by atoms with E-state index in [0.717, 1.165) is 5.56 Å². The van der Waals surface area contributed by atoms with Crippen LogP contribution >= 0.6 is 0 Å². The second kappa shape index (κ2) is 5.26. The third kappa shape index (κ3) is 2.62. The van der Waals surface area contributed by atoms with Crippen molar-refractivity contribution in [1.29, 1.82) is 0 Å². The first-order chi connectivity index (χ1) is 8.70. The molecule has 1 aromatic carbocycles. The molecule has 1 heterocycles. The lowest BCUT2D eigenvalue weighted by Crippen LogP contribution is -2.04. The van der Waals surface area contributed by atoms with Crippen LogP contribution < -0.4 is 5.32 Å². The predicted octanol–water partition coefficient (Wildman–Crippen LogP) is 1.67. The normalized spacial score (nSPS) is 10.3. The van der Waals surface area contributed by atoms with Crippen LogP contribution in [0.3, 0.4) is 0 Å². The van der Waals surface area contributed by atoms with Gasteiger partial charge in [0.2, 0.25) is 0 Å². The maximum absolute atomic E-state index is 10.9. The number of nitro benzene ring substituents is 1. The van der Waals surface area contributed by atoms with Gasteiger partial charge in [-0.3, -0.25) is 10.1 Å². The third-order valence-electron chi connectivity index (χ3n) is 2.44. The zero-order chi connectivity index (χ0) is 13.0. The molecule has 94 valence electrons. The minimum absolute atomic E-state index is 0.0826. The molecule has 1 aromatic heterocycles.